The van der Waals surface area contributed by atoms with Gasteiger partial charge < -0.3 is 5.32 Å². The third-order valence-corrected chi connectivity index (χ3v) is 4.99. The van der Waals surface area contributed by atoms with Gasteiger partial charge in [0.05, 0.1) is 0 Å². The van der Waals surface area contributed by atoms with Crippen molar-refractivity contribution < 1.29 is 0 Å². The molecule has 2 rings (SSSR count). The van der Waals surface area contributed by atoms with Crippen LogP contribution in [0.4, 0.5) is 0 Å². The smallest absolute Gasteiger partial charge is 0.0311 e. The van der Waals surface area contributed by atoms with E-state index in [1.54, 1.807) is 0 Å². The average molecular weight is 252 g/mol. The third kappa shape index (κ3) is 2.34. The Balaban J connectivity index is 2.40. The van der Waals surface area contributed by atoms with Gasteiger partial charge in [-0.1, -0.05) is 34.6 Å². The maximum absolute atomic E-state index is 3.84. The summed E-state index contributed by atoms with van der Waals surface area (Å²) in [6.45, 7) is 19.4. The zero-order valence-electron chi connectivity index (χ0n) is 13.4. The van der Waals surface area contributed by atoms with Crippen molar-refractivity contribution in [2.45, 2.75) is 78.9 Å². The predicted molar refractivity (Wildman–Crippen MR) is 78.8 cm³/mol. The van der Waals surface area contributed by atoms with Gasteiger partial charge in [0.1, 0.15) is 0 Å². The second-order valence-corrected chi connectivity index (χ2v) is 8.77. The summed E-state index contributed by atoms with van der Waals surface area (Å²) < 4.78 is 0. The molecule has 0 bridgehead atoms. The van der Waals surface area contributed by atoms with Crippen LogP contribution < -0.4 is 5.32 Å². The van der Waals surface area contributed by atoms with Crippen molar-refractivity contribution in [3.05, 3.63) is 0 Å². The van der Waals surface area contributed by atoms with Crippen molar-refractivity contribution in [1.82, 2.24) is 10.2 Å². The molecule has 0 aromatic rings. The highest BCUT2D eigenvalue weighted by molar-refractivity contribution is 5.11. The van der Waals surface area contributed by atoms with E-state index in [0.717, 1.165) is 0 Å². The molecule has 0 aliphatic carbocycles. The van der Waals surface area contributed by atoms with Crippen molar-refractivity contribution in [1.29, 1.82) is 0 Å². The van der Waals surface area contributed by atoms with Gasteiger partial charge in [0.2, 0.25) is 0 Å². The van der Waals surface area contributed by atoms with Crippen molar-refractivity contribution in [3.8, 4) is 0 Å². The van der Waals surface area contributed by atoms with Crippen LogP contribution in [0.3, 0.4) is 0 Å². The van der Waals surface area contributed by atoms with Crippen LogP contribution in [-0.2, 0) is 0 Å². The van der Waals surface area contributed by atoms with Gasteiger partial charge in [0, 0.05) is 24.2 Å². The number of rotatable bonds is 0. The molecule has 0 aromatic heterocycles. The van der Waals surface area contributed by atoms with Crippen molar-refractivity contribution in [2.75, 3.05) is 13.1 Å². The van der Waals surface area contributed by atoms with Gasteiger partial charge >= 0.3 is 0 Å². The Morgan fingerprint density at radius 3 is 2.28 bits per heavy atom. The minimum absolute atomic E-state index is 0.324. The van der Waals surface area contributed by atoms with E-state index in [9.17, 15) is 0 Å². The maximum Gasteiger partial charge on any atom is 0.0311 e. The van der Waals surface area contributed by atoms with Gasteiger partial charge in [0.25, 0.3) is 0 Å². The van der Waals surface area contributed by atoms with E-state index in [2.05, 4.69) is 58.7 Å². The van der Waals surface area contributed by atoms with Crippen LogP contribution in [0.5, 0.6) is 0 Å². The molecule has 0 saturated carbocycles. The highest BCUT2D eigenvalue weighted by atomic mass is 15.3. The third-order valence-electron chi connectivity index (χ3n) is 4.99. The summed E-state index contributed by atoms with van der Waals surface area (Å²) in [6.07, 6.45) is 2.58. The van der Waals surface area contributed by atoms with E-state index in [1.807, 2.05) is 0 Å². The fourth-order valence-electron chi connectivity index (χ4n) is 4.59. The summed E-state index contributed by atoms with van der Waals surface area (Å²) in [6, 6.07) is 1.26. The second kappa shape index (κ2) is 4.21. The van der Waals surface area contributed by atoms with Gasteiger partial charge in [-0.15, -0.1) is 0 Å². The van der Waals surface area contributed by atoms with Crippen molar-refractivity contribution in [3.63, 3.8) is 0 Å². The molecular formula is C16H32N2. The molecule has 0 spiro atoms. The van der Waals surface area contributed by atoms with Crippen molar-refractivity contribution >= 4 is 0 Å². The molecule has 0 amide bonds. The van der Waals surface area contributed by atoms with E-state index < -0.39 is 0 Å². The van der Waals surface area contributed by atoms with Gasteiger partial charge in [-0.2, -0.15) is 0 Å². The highest BCUT2D eigenvalue weighted by Crippen LogP contribution is 2.50. The Morgan fingerprint density at radius 1 is 1.11 bits per heavy atom. The van der Waals surface area contributed by atoms with E-state index >= 15 is 0 Å². The molecule has 2 aliphatic heterocycles. The van der Waals surface area contributed by atoms with Crippen LogP contribution in [0.25, 0.3) is 0 Å². The molecule has 2 fully saturated rings. The Kier molecular flexibility index (Phi) is 3.35. The minimum Gasteiger partial charge on any atom is -0.312 e. The quantitative estimate of drug-likeness (QED) is 0.712. The SMILES string of the molecule is CC(C)(C)C1NCCCN2C1C(C)(C)CC2(C)C. The fraction of sp³-hybridized carbons (Fsp3) is 1.00. The molecule has 2 heteroatoms. The van der Waals surface area contributed by atoms with Gasteiger partial charge in [-0.25, -0.2) is 0 Å². The normalized spacial score (nSPS) is 36.2. The topological polar surface area (TPSA) is 15.3 Å². The zero-order valence-corrected chi connectivity index (χ0v) is 13.4. The zero-order chi connectivity index (χ0) is 13.8. The summed E-state index contributed by atoms with van der Waals surface area (Å²) in [5.74, 6) is 0. The minimum atomic E-state index is 0.324. The van der Waals surface area contributed by atoms with E-state index in [0.29, 0.717) is 28.5 Å². The van der Waals surface area contributed by atoms with E-state index in [-0.39, 0.29) is 0 Å². The van der Waals surface area contributed by atoms with Gasteiger partial charge in [-0.3, -0.25) is 4.90 Å². The van der Waals surface area contributed by atoms with Crippen LogP contribution >= 0.6 is 0 Å². The number of nitrogens with one attached hydrogen (secondary N) is 1. The lowest BCUT2D eigenvalue weighted by molar-refractivity contribution is 0.0636. The first-order valence-corrected chi connectivity index (χ1v) is 7.56. The first-order valence-electron chi connectivity index (χ1n) is 7.56. The first kappa shape index (κ1) is 14.3. The molecule has 2 heterocycles. The molecule has 2 nitrogen and oxygen atoms in total. The Morgan fingerprint density at radius 2 is 1.72 bits per heavy atom. The Labute approximate surface area is 114 Å². The summed E-state index contributed by atoms with van der Waals surface area (Å²) in [4.78, 5) is 2.79. The second-order valence-electron chi connectivity index (χ2n) is 8.77. The molecule has 0 aromatic carbocycles. The monoisotopic (exact) mass is 252 g/mol. The highest BCUT2D eigenvalue weighted by Gasteiger charge is 2.55. The molecular weight excluding hydrogens is 220 g/mol. The summed E-state index contributed by atoms with van der Waals surface area (Å²) in [7, 11) is 0. The molecule has 2 aliphatic rings. The molecule has 106 valence electrons. The maximum atomic E-state index is 3.84. The lowest BCUT2D eigenvalue weighted by Crippen LogP contribution is -2.57. The molecule has 1 N–H and O–H groups in total. The van der Waals surface area contributed by atoms with E-state index in [4.69, 9.17) is 0 Å². The molecule has 2 atom stereocenters. The Bertz CT molecular complexity index is 312. The van der Waals surface area contributed by atoms with Crippen LogP contribution in [0.15, 0.2) is 0 Å². The Hall–Kier alpha value is -0.0800. The van der Waals surface area contributed by atoms with Gasteiger partial charge in [-0.05, 0) is 44.1 Å². The largest absolute Gasteiger partial charge is 0.312 e. The van der Waals surface area contributed by atoms with Gasteiger partial charge in [0.15, 0.2) is 0 Å². The van der Waals surface area contributed by atoms with Crippen LogP contribution in [0, 0.1) is 10.8 Å². The number of fused-ring (bicyclic) bond motifs is 1. The molecule has 2 unspecified atom stereocenters. The fourth-order valence-corrected chi connectivity index (χ4v) is 4.59. The van der Waals surface area contributed by atoms with Crippen molar-refractivity contribution in [2.24, 2.45) is 10.8 Å². The summed E-state index contributed by atoms with van der Waals surface area (Å²) >= 11 is 0. The molecule has 0 radical (unpaired) electrons. The average Bonchev–Trinajstić information content (AvgIpc) is 2.36. The molecule has 2 saturated heterocycles. The lowest BCUT2D eigenvalue weighted by atomic mass is 9.71. The van der Waals surface area contributed by atoms with Crippen LogP contribution in [-0.4, -0.2) is 35.6 Å². The summed E-state index contributed by atoms with van der Waals surface area (Å²) in [5, 5.41) is 3.84. The standard InChI is InChI=1S/C16H32N2/c1-14(2,3)12-13-15(4,5)11-16(6,7)18(13)10-8-9-17-12/h12-13,17H,8-11H2,1-7H3. The predicted octanol–water partition coefficient (Wildman–Crippen LogP) is 3.27. The van der Waals surface area contributed by atoms with Crippen LogP contribution in [0.1, 0.15) is 61.3 Å². The number of hydrogen-bond donors (Lipinski definition) is 1. The number of nitrogens with zero attached hydrogens (tertiary/aromatic N) is 1. The van der Waals surface area contributed by atoms with E-state index in [1.165, 1.54) is 25.9 Å². The lowest BCUT2D eigenvalue weighted by Gasteiger charge is -2.45. The molecule has 18 heavy (non-hydrogen) atoms. The number of hydrogen-bond acceptors (Lipinski definition) is 2. The van der Waals surface area contributed by atoms with Crippen LogP contribution in [0.2, 0.25) is 0 Å². The summed E-state index contributed by atoms with van der Waals surface area (Å²) in [5.41, 5.74) is 1.08. The first-order chi connectivity index (χ1) is 8.06.